The van der Waals surface area contributed by atoms with Crippen molar-refractivity contribution in [3.63, 3.8) is 0 Å². The summed E-state index contributed by atoms with van der Waals surface area (Å²) in [7, 11) is 0. The Kier molecular flexibility index (Phi) is 10.3. The molecule has 0 spiro atoms. The molecule has 1 aliphatic rings. The molecule has 0 aliphatic carbocycles. The van der Waals surface area contributed by atoms with Gasteiger partial charge in [-0.25, -0.2) is 0 Å². The van der Waals surface area contributed by atoms with Crippen LogP contribution < -0.4 is 24.4 Å². The summed E-state index contributed by atoms with van der Waals surface area (Å²) in [6, 6.07) is 18.5. The Labute approximate surface area is 265 Å². The highest BCUT2D eigenvalue weighted by molar-refractivity contribution is 7.99. The first-order valence-electron chi connectivity index (χ1n) is 14.5. The van der Waals surface area contributed by atoms with Gasteiger partial charge in [0.15, 0.2) is 22.5 Å². The number of nitrogens with one attached hydrogen (secondary N) is 1. The van der Waals surface area contributed by atoms with Gasteiger partial charge in [0.2, 0.25) is 11.7 Å². The Bertz CT molecular complexity index is 1620. The van der Waals surface area contributed by atoms with Crippen LogP contribution >= 0.6 is 23.4 Å². The summed E-state index contributed by atoms with van der Waals surface area (Å²) >= 11 is 7.61. The summed E-state index contributed by atoms with van der Waals surface area (Å²) in [5, 5.41) is 12.7. The molecule has 3 aromatic carbocycles. The molecular formula is C32H34ClN5O5S. The van der Waals surface area contributed by atoms with Crippen molar-refractivity contribution in [2.45, 2.75) is 38.9 Å². The lowest BCUT2D eigenvalue weighted by atomic mass is 10.1. The number of carbonyl (C=O) groups is 2. The summed E-state index contributed by atoms with van der Waals surface area (Å²) in [5.74, 6) is 1.60. The first-order chi connectivity index (χ1) is 21.4. The third-order valence-electron chi connectivity index (χ3n) is 6.86. The van der Waals surface area contributed by atoms with Crippen LogP contribution in [0.15, 0.2) is 65.8 Å². The molecule has 44 heavy (non-hydrogen) atoms. The molecule has 10 nitrogen and oxygen atoms in total. The maximum Gasteiger partial charge on any atom is 0.251 e. The van der Waals surface area contributed by atoms with E-state index in [1.165, 1.54) is 17.3 Å². The number of aromatic nitrogens is 3. The summed E-state index contributed by atoms with van der Waals surface area (Å²) in [4.78, 5) is 28.4. The molecule has 1 aliphatic heterocycles. The molecule has 0 fully saturated rings. The second kappa shape index (κ2) is 14.5. The Morgan fingerprint density at radius 3 is 2.36 bits per heavy atom. The highest BCUT2D eigenvalue weighted by Gasteiger charge is 2.25. The lowest BCUT2D eigenvalue weighted by Gasteiger charge is -2.17. The third-order valence-corrected chi connectivity index (χ3v) is 8.01. The van der Waals surface area contributed by atoms with Crippen molar-refractivity contribution >= 4 is 40.9 Å². The fourth-order valence-electron chi connectivity index (χ4n) is 4.97. The van der Waals surface area contributed by atoms with Gasteiger partial charge in [0.1, 0.15) is 0 Å². The SMILES string of the molecule is CCOc1cc(C(=O)NCc2nnc(SCC(=O)N3CCc4ccccc43)n2-c2cccc(Cl)c2)cc(OCC)c1OCC. The highest BCUT2D eigenvalue weighted by atomic mass is 35.5. The van der Waals surface area contributed by atoms with Gasteiger partial charge < -0.3 is 24.4 Å². The molecule has 230 valence electrons. The van der Waals surface area contributed by atoms with Crippen LogP contribution in [0.1, 0.15) is 42.5 Å². The van der Waals surface area contributed by atoms with E-state index in [4.69, 9.17) is 25.8 Å². The Morgan fingerprint density at radius 2 is 1.66 bits per heavy atom. The number of halogens is 1. The minimum atomic E-state index is -0.354. The van der Waals surface area contributed by atoms with E-state index in [-0.39, 0.29) is 24.1 Å². The second-order valence-corrected chi connectivity index (χ2v) is 11.1. The van der Waals surface area contributed by atoms with E-state index in [2.05, 4.69) is 21.6 Å². The average Bonchev–Trinajstić information content (AvgIpc) is 3.64. The molecule has 0 atom stereocenters. The highest BCUT2D eigenvalue weighted by Crippen LogP contribution is 2.39. The van der Waals surface area contributed by atoms with Crippen molar-refractivity contribution < 1.29 is 23.8 Å². The number of para-hydroxylation sites is 1. The topological polar surface area (TPSA) is 108 Å². The van der Waals surface area contributed by atoms with E-state index < -0.39 is 0 Å². The Morgan fingerprint density at radius 1 is 0.932 bits per heavy atom. The zero-order valence-electron chi connectivity index (χ0n) is 24.8. The Hall–Kier alpha value is -4.22. The molecular weight excluding hydrogens is 602 g/mol. The lowest BCUT2D eigenvalue weighted by molar-refractivity contribution is -0.116. The maximum absolute atomic E-state index is 13.4. The predicted octanol–water partition coefficient (Wildman–Crippen LogP) is 5.73. The first kappa shape index (κ1) is 31.2. The van der Waals surface area contributed by atoms with Crippen LogP contribution in [0.25, 0.3) is 5.69 Å². The minimum absolute atomic E-state index is 0.0128. The van der Waals surface area contributed by atoms with Gasteiger partial charge in [0.25, 0.3) is 5.91 Å². The van der Waals surface area contributed by atoms with Gasteiger partial charge in [-0.15, -0.1) is 10.2 Å². The molecule has 0 unspecified atom stereocenters. The molecule has 1 N–H and O–H groups in total. The number of anilines is 1. The molecule has 0 saturated heterocycles. The van der Waals surface area contributed by atoms with Gasteiger partial charge in [-0.05, 0) is 69.2 Å². The number of nitrogens with zero attached hydrogens (tertiary/aromatic N) is 4. The van der Waals surface area contributed by atoms with E-state index >= 15 is 0 Å². The monoisotopic (exact) mass is 635 g/mol. The van der Waals surface area contributed by atoms with Crippen LogP contribution in [0.4, 0.5) is 5.69 Å². The number of hydrogen-bond donors (Lipinski definition) is 1. The summed E-state index contributed by atoms with van der Waals surface area (Å²) in [6.07, 6.45) is 0.835. The fourth-order valence-corrected chi connectivity index (χ4v) is 6.00. The summed E-state index contributed by atoms with van der Waals surface area (Å²) in [5.41, 5.74) is 3.18. The van der Waals surface area contributed by atoms with Gasteiger partial charge in [0.05, 0.1) is 37.8 Å². The number of benzene rings is 3. The number of ether oxygens (including phenoxy) is 3. The zero-order valence-corrected chi connectivity index (χ0v) is 26.4. The average molecular weight is 636 g/mol. The van der Waals surface area contributed by atoms with Crippen molar-refractivity contribution in [3.05, 3.63) is 82.6 Å². The molecule has 2 heterocycles. The fraction of sp³-hybridized carbons (Fsp3) is 0.312. The molecule has 2 amide bonds. The molecule has 0 saturated carbocycles. The van der Waals surface area contributed by atoms with Crippen LogP contribution in [0, 0.1) is 0 Å². The van der Waals surface area contributed by atoms with Gasteiger partial charge in [0, 0.05) is 22.8 Å². The van der Waals surface area contributed by atoms with Gasteiger partial charge in [-0.1, -0.05) is 47.6 Å². The van der Waals surface area contributed by atoms with Crippen LogP contribution in [0.3, 0.4) is 0 Å². The van der Waals surface area contributed by atoms with Crippen molar-refractivity contribution in [1.29, 1.82) is 0 Å². The van der Waals surface area contributed by atoms with Crippen LogP contribution in [0.5, 0.6) is 17.2 Å². The number of rotatable bonds is 13. The molecule has 5 rings (SSSR count). The molecule has 0 radical (unpaired) electrons. The van der Waals surface area contributed by atoms with Crippen molar-refractivity contribution in [2.24, 2.45) is 0 Å². The smallest absolute Gasteiger partial charge is 0.251 e. The molecule has 0 bridgehead atoms. The van der Waals surface area contributed by atoms with Crippen LogP contribution in [-0.4, -0.2) is 58.7 Å². The van der Waals surface area contributed by atoms with E-state index in [0.29, 0.717) is 70.9 Å². The number of thioether (sulfide) groups is 1. The normalized spacial score (nSPS) is 12.1. The standard InChI is InChI=1S/C32H34ClN5O5S/c1-4-41-26-16-22(17-27(42-5-2)30(26)43-6-3)31(40)34-19-28-35-36-32(38(28)24-12-9-11-23(33)18-24)44-20-29(39)37-15-14-21-10-7-8-13-25(21)37/h7-13,16-18H,4-6,14-15,19-20H2,1-3H3,(H,34,40). The van der Waals surface area contributed by atoms with E-state index in [0.717, 1.165) is 12.1 Å². The van der Waals surface area contributed by atoms with Gasteiger partial charge >= 0.3 is 0 Å². The van der Waals surface area contributed by atoms with Crippen molar-refractivity contribution in [3.8, 4) is 22.9 Å². The second-order valence-electron chi connectivity index (χ2n) is 9.71. The lowest BCUT2D eigenvalue weighted by Crippen LogP contribution is -2.30. The van der Waals surface area contributed by atoms with E-state index in [1.54, 1.807) is 28.8 Å². The largest absolute Gasteiger partial charge is 0.490 e. The maximum atomic E-state index is 13.4. The van der Waals surface area contributed by atoms with E-state index in [9.17, 15) is 9.59 Å². The predicted molar refractivity (Wildman–Crippen MR) is 171 cm³/mol. The zero-order chi connectivity index (χ0) is 31.1. The van der Waals surface area contributed by atoms with Crippen molar-refractivity contribution in [1.82, 2.24) is 20.1 Å². The molecule has 1 aromatic heterocycles. The number of hydrogen-bond acceptors (Lipinski definition) is 8. The quantitative estimate of drug-likeness (QED) is 0.186. The van der Waals surface area contributed by atoms with Crippen molar-refractivity contribution in [2.75, 3.05) is 37.0 Å². The Balaban J connectivity index is 1.36. The van der Waals surface area contributed by atoms with Gasteiger partial charge in [-0.2, -0.15) is 0 Å². The van der Waals surface area contributed by atoms with E-state index in [1.807, 2.05) is 56.0 Å². The number of carbonyl (C=O) groups excluding carboxylic acids is 2. The van der Waals surface area contributed by atoms with Crippen LogP contribution in [0.2, 0.25) is 5.02 Å². The number of amides is 2. The van der Waals surface area contributed by atoms with Crippen LogP contribution in [-0.2, 0) is 17.8 Å². The summed E-state index contributed by atoms with van der Waals surface area (Å²) < 4.78 is 19.1. The van der Waals surface area contributed by atoms with Gasteiger partial charge in [-0.3, -0.25) is 14.2 Å². The third kappa shape index (κ3) is 6.95. The number of fused-ring (bicyclic) bond motifs is 1. The minimum Gasteiger partial charge on any atom is -0.490 e. The molecule has 4 aromatic rings. The molecule has 12 heteroatoms. The first-order valence-corrected chi connectivity index (χ1v) is 15.9. The summed E-state index contributed by atoms with van der Waals surface area (Å²) in [6.45, 7) is 7.51.